The highest BCUT2D eigenvalue weighted by Crippen LogP contribution is 2.49. The van der Waals surface area contributed by atoms with Gasteiger partial charge in [0.2, 0.25) is 0 Å². The summed E-state index contributed by atoms with van der Waals surface area (Å²) >= 11 is 0. The molecule has 0 radical (unpaired) electrons. The van der Waals surface area contributed by atoms with E-state index in [0.717, 1.165) is 6.42 Å². The van der Waals surface area contributed by atoms with Gasteiger partial charge in [0, 0.05) is 0 Å². The van der Waals surface area contributed by atoms with Gasteiger partial charge in [0.1, 0.15) is 0 Å². The van der Waals surface area contributed by atoms with Gasteiger partial charge in [-0.15, -0.1) is 0 Å². The Labute approximate surface area is 218 Å². The molecule has 1 aliphatic rings. The molecule has 0 aromatic heterocycles. The minimum Gasteiger partial charge on any atom is -0.0622 e. The minimum absolute atomic E-state index is 0.958. The number of benzene rings is 6. The van der Waals surface area contributed by atoms with E-state index in [-0.39, 0.29) is 0 Å². The van der Waals surface area contributed by atoms with Crippen molar-refractivity contribution in [2.45, 2.75) is 6.42 Å². The van der Waals surface area contributed by atoms with Crippen LogP contribution < -0.4 is 0 Å². The van der Waals surface area contributed by atoms with Crippen LogP contribution in [0, 0.1) is 0 Å². The van der Waals surface area contributed by atoms with E-state index < -0.39 is 0 Å². The van der Waals surface area contributed by atoms with Gasteiger partial charge in [0.15, 0.2) is 0 Å². The fraction of sp³-hybridized carbons (Fsp3) is 0.0270. The third-order valence-electron chi connectivity index (χ3n) is 7.56. The van der Waals surface area contributed by atoms with E-state index in [1.54, 1.807) is 0 Å². The van der Waals surface area contributed by atoms with E-state index in [2.05, 4.69) is 146 Å². The predicted octanol–water partition coefficient (Wildman–Crippen LogP) is 9.93. The van der Waals surface area contributed by atoms with Crippen LogP contribution in [0.5, 0.6) is 0 Å². The fourth-order valence-corrected chi connectivity index (χ4v) is 5.90. The number of rotatable bonds is 4. The molecule has 0 N–H and O–H groups in total. The molecule has 0 amide bonds. The van der Waals surface area contributed by atoms with Crippen LogP contribution in [0.25, 0.3) is 55.6 Å². The molecule has 0 heterocycles. The van der Waals surface area contributed by atoms with Crippen molar-refractivity contribution < 1.29 is 0 Å². The average Bonchev–Trinajstić information content (AvgIpc) is 3.37. The molecule has 0 aliphatic heterocycles. The molecule has 0 heteroatoms. The third-order valence-corrected chi connectivity index (χ3v) is 7.56. The monoisotopic (exact) mass is 470 g/mol. The normalized spacial score (nSPS) is 11.7. The molecule has 0 unspecified atom stereocenters. The van der Waals surface area contributed by atoms with E-state index in [0.29, 0.717) is 0 Å². The van der Waals surface area contributed by atoms with Gasteiger partial charge in [-0.1, -0.05) is 146 Å². The molecule has 7 rings (SSSR count). The lowest BCUT2D eigenvalue weighted by Gasteiger charge is -2.22. The summed E-state index contributed by atoms with van der Waals surface area (Å²) in [5.41, 5.74) is 15.7. The Kier molecular flexibility index (Phi) is 5.30. The smallest absolute Gasteiger partial charge is 0.000728 e. The van der Waals surface area contributed by atoms with E-state index >= 15 is 0 Å². The van der Waals surface area contributed by atoms with Gasteiger partial charge in [-0.25, -0.2) is 0 Å². The van der Waals surface area contributed by atoms with E-state index in [1.165, 1.54) is 66.8 Å². The first-order chi connectivity index (χ1) is 18.4. The number of fused-ring (bicyclic) bond motifs is 3. The second kappa shape index (κ2) is 9.08. The lowest BCUT2D eigenvalue weighted by atomic mass is 9.81. The van der Waals surface area contributed by atoms with Crippen molar-refractivity contribution in [3.05, 3.63) is 157 Å². The van der Waals surface area contributed by atoms with E-state index in [1.807, 2.05) is 0 Å². The average molecular weight is 471 g/mol. The van der Waals surface area contributed by atoms with Crippen LogP contribution in [-0.4, -0.2) is 0 Å². The van der Waals surface area contributed by atoms with Gasteiger partial charge in [-0.05, 0) is 73.2 Å². The van der Waals surface area contributed by atoms with Crippen LogP contribution >= 0.6 is 0 Å². The van der Waals surface area contributed by atoms with Crippen LogP contribution in [0.4, 0.5) is 0 Å². The van der Waals surface area contributed by atoms with Crippen molar-refractivity contribution >= 4 is 0 Å². The lowest BCUT2D eigenvalue weighted by Crippen LogP contribution is -1.97. The third kappa shape index (κ3) is 3.70. The Bertz CT molecular complexity index is 1710. The quantitative estimate of drug-likeness (QED) is 0.240. The van der Waals surface area contributed by atoms with Gasteiger partial charge in [-0.3, -0.25) is 0 Å². The first kappa shape index (κ1) is 21.6. The first-order valence-electron chi connectivity index (χ1n) is 12.9. The Hall–Kier alpha value is -4.68. The van der Waals surface area contributed by atoms with Gasteiger partial charge in [0.25, 0.3) is 0 Å². The zero-order valence-electron chi connectivity index (χ0n) is 20.6. The molecule has 1 aliphatic carbocycles. The van der Waals surface area contributed by atoms with Crippen molar-refractivity contribution in [2.75, 3.05) is 0 Å². The summed E-state index contributed by atoms with van der Waals surface area (Å²) in [7, 11) is 0. The van der Waals surface area contributed by atoms with Crippen molar-refractivity contribution in [3.63, 3.8) is 0 Å². The summed E-state index contributed by atoms with van der Waals surface area (Å²) < 4.78 is 0. The highest BCUT2D eigenvalue weighted by Gasteiger charge is 2.25. The largest absolute Gasteiger partial charge is 0.0622 e. The van der Waals surface area contributed by atoms with Gasteiger partial charge < -0.3 is 0 Å². The summed E-state index contributed by atoms with van der Waals surface area (Å²) in [6, 6.07) is 52.8. The summed E-state index contributed by atoms with van der Waals surface area (Å²) in [5.74, 6) is 0. The Morgan fingerprint density at radius 3 is 1.43 bits per heavy atom. The Morgan fingerprint density at radius 2 is 0.784 bits per heavy atom. The second-order valence-electron chi connectivity index (χ2n) is 9.67. The summed E-state index contributed by atoms with van der Waals surface area (Å²) in [5, 5.41) is 0. The molecule has 0 spiro atoms. The molecule has 0 saturated heterocycles. The SMILES string of the molecule is c1ccc(-c2ccc(-c3ccccc3)c(-c3cccc4c3Cc3ccccc3-4)c2-c2ccccc2)cc1. The molecule has 174 valence electrons. The summed E-state index contributed by atoms with van der Waals surface area (Å²) in [6.45, 7) is 0. The Balaban J connectivity index is 1.60. The molecule has 0 atom stereocenters. The second-order valence-corrected chi connectivity index (χ2v) is 9.67. The first-order valence-corrected chi connectivity index (χ1v) is 12.9. The molecule has 6 aromatic rings. The van der Waals surface area contributed by atoms with Crippen LogP contribution in [0.1, 0.15) is 11.1 Å². The van der Waals surface area contributed by atoms with Crippen LogP contribution in [0.2, 0.25) is 0 Å². The van der Waals surface area contributed by atoms with Crippen molar-refractivity contribution in [3.8, 4) is 55.6 Å². The van der Waals surface area contributed by atoms with Gasteiger partial charge >= 0.3 is 0 Å². The molecular weight excluding hydrogens is 444 g/mol. The molecule has 0 nitrogen and oxygen atoms in total. The molecule has 0 saturated carbocycles. The molecule has 0 bridgehead atoms. The van der Waals surface area contributed by atoms with Crippen LogP contribution in [0.3, 0.4) is 0 Å². The van der Waals surface area contributed by atoms with E-state index in [9.17, 15) is 0 Å². The maximum atomic E-state index is 2.33. The van der Waals surface area contributed by atoms with Crippen molar-refractivity contribution in [1.29, 1.82) is 0 Å². The van der Waals surface area contributed by atoms with Crippen LogP contribution in [-0.2, 0) is 6.42 Å². The van der Waals surface area contributed by atoms with Gasteiger partial charge in [-0.2, -0.15) is 0 Å². The molecule has 6 aromatic carbocycles. The highest BCUT2D eigenvalue weighted by molar-refractivity contribution is 6.03. The topological polar surface area (TPSA) is 0 Å². The van der Waals surface area contributed by atoms with Gasteiger partial charge in [0.05, 0.1) is 0 Å². The predicted molar refractivity (Wildman–Crippen MR) is 156 cm³/mol. The molecular formula is C37H26. The van der Waals surface area contributed by atoms with Crippen molar-refractivity contribution in [2.24, 2.45) is 0 Å². The summed E-state index contributed by atoms with van der Waals surface area (Å²) in [4.78, 5) is 0. The fourth-order valence-electron chi connectivity index (χ4n) is 5.90. The molecule has 37 heavy (non-hydrogen) atoms. The Morgan fingerprint density at radius 1 is 0.297 bits per heavy atom. The summed E-state index contributed by atoms with van der Waals surface area (Å²) in [6.07, 6.45) is 0.958. The van der Waals surface area contributed by atoms with Crippen molar-refractivity contribution in [1.82, 2.24) is 0 Å². The lowest BCUT2D eigenvalue weighted by molar-refractivity contribution is 1.26. The molecule has 0 fully saturated rings. The zero-order chi connectivity index (χ0) is 24.6. The maximum absolute atomic E-state index is 2.33. The maximum Gasteiger partial charge on any atom is -0.000728 e. The number of hydrogen-bond donors (Lipinski definition) is 0. The van der Waals surface area contributed by atoms with E-state index in [4.69, 9.17) is 0 Å². The number of hydrogen-bond acceptors (Lipinski definition) is 0. The standard InChI is InChI=1S/C37H26/c1-4-13-26(14-5-1)31-23-24-32(27-15-6-2-7-16-27)37(36(31)28-17-8-3-9-18-28)34-22-12-21-33-30-20-11-10-19-29(30)25-35(33)34/h1-24H,25H2. The zero-order valence-corrected chi connectivity index (χ0v) is 20.6. The minimum atomic E-state index is 0.958. The highest BCUT2D eigenvalue weighted by atomic mass is 14.3. The van der Waals surface area contributed by atoms with Crippen LogP contribution in [0.15, 0.2) is 146 Å².